The largest absolute Gasteiger partial charge is 0.349 e. The van der Waals surface area contributed by atoms with E-state index in [1.54, 1.807) is 17.0 Å². The summed E-state index contributed by atoms with van der Waals surface area (Å²) in [6, 6.07) is 47.2. The number of nitrogens with one attached hydrogen (secondary N) is 1. The summed E-state index contributed by atoms with van der Waals surface area (Å²) in [6.07, 6.45) is 0. The third kappa shape index (κ3) is 7.00. The fourth-order valence-corrected chi connectivity index (χ4v) is 9.16. The minimum atomic E-state index is -2.64. The van der Waals surface area contributed by atoms with Crippen LogP contribution < -0.4 is 21.2 Å². The second kappa shape index (κ2) is 13.9. The van der Waals surface area contributed by atoms with E-state index in [4.69, 9.17) is 4.74 Å². The zero-order valence-corrected chi connectivity index (χ0v) is 27.2. The summed E-state index contributed by atoms with van der Waals surface area (Å²) < 4.78 is 5.74. The van der Waals surface area contributed by atoms with Crippen molar-refractivity contribution in [2.24, 2.45) is 4.74 Å². The molecule has 0 spiro atoms. The van der Waals surface area contributed by atoms with Crippen molar-refractivity contribution in [1.82, 2.24) is 10.2 Å². The monoisotopic (exact) mass is 613 g/mol. The summed E-state index contributed by atoms with van der Waals surface area (Å²) in [7, 11) is -2.64. The van der Waals surface area contributed by atoms with Gasteiger partial charge in [0.2, 0.25) is 5.91 Å². The molecule has 45 heavy (non-hydrogen) atoms. The van der Waals surface area contributed by atoms with Crippen LogP contribution in [0.25, 0.3) is 0 Å². The normalized spacial score (nSPS) is 12.2. The second-order valence-corrected chi connectivity index (χ2v) is 14.9. The van der Waals surface area contributed by atoms with E-state index < -0.39 is 18.6 Å². The van der Waals surface area contributed by atoms with Crippen LogP contribution in [-0.2, 0) is 4.79 Å². The van der Waals surface area contributed by atoms with Crippen molar-refractivity contribution < 1.29 is 9.59 Å². The van der Waals surface area contributed by atoms with Crippen LogP contribution in [-0.4, -0.2) is 28.8 Å². The summed E-state index contributed by atoms with van der Waals surface area (Å²) in [6.45, 7) is 8.09. The zero-order chi connectivity index (χ0) is 31.9. The number of nitrogens with zero attached hydrogens (tertiary/aromatic N) is 2. The van der Waals surface area contributed by atoms with Gasteiger partial charge in [-0.2, -0.15) is 0 Å². The van der Waals surface area contributed by atoms with Gasteiger partial charge in [0.15, 0.2) is 0 Å². The van der Waals surface area contributed by atoms with Gasteiger partial charge in [-0.1, -0.05) is 127 Å². The van der Waals surface area contributed by atoms with E-state index in [1.807, 2.05) is 125 Å². The molecule has 0 aliphatic heterocycles. The molecule has 5 aromatic rings. The van der Waals surface area contributed by atoms with E-state index in [2.05, 4.69) is 41.7 Å². The third-order valence-electron chi connectivity index (χ3n) is 7.56. The molecular formula is C39H40N3O2P. The van der Waals surface area contributed by atoms with Crippen molar-refractivity contribution in [2.45, 2.75) is 39.3 Å². The molecule has 0 bridgehead atoms. The SMILES string of the molecule is CCN(C(=O)c1ccccc1)C(C(=O)NC(C)(C)C)c1ccccc1N=P(c1ccccc1)(c1ccccc1)c1ccccc1. The smallest absolute Gasteiger partial charge is 0.254 e. The molecule has 0 heterocycles. The van der Waals surface area contributed by atoms with Gasteiger partial charge in [-0.25, -0.2) is 0 Å². The zero-order valence-electron chi connectivity index (χ0n) is 26.3. The van der Waals surface area contributed by atoms with E-state index in [9.17, 15) is 9.59 Å². The second-order valence-electron chi connectivity index (χ2n) is 11.9. The van der Waals surface area contributed by atoms with E-state index in [-0.39, 0.29) is 11.8 Å². The molecular weight excluding hydrogens is 573 g/mol. The summed E-state index contributed by atoms with van der Waals surface area (Å²) >= 11 is 0. The molecule has 5 nitrogen and oxygen atoms in total. The standard InChI is InChI=1S/C39H40N3O2P/c1-5-42(38(44)30-20-10-6-11-21-30)36(37(43)40-39(2,3)4)34-28-18-19-29-35(34)41-45(31-22-12-7-13-23-31,32-24-14-8-15-25-32)33-26-16-9-17-27-33/h6-29,36H,5H2,1-4H3,(H,40,43). The summed E-state index contributed by atoms with van der Waals surface area (Å²) in [5.41, 5.74) is 1.38. The highest BCUT2D eigenvalue weighted by Gasteiger charge is 2.35. The highest BCUT2D eigenvalue weighted by Crippen LogP contribution is 2.50. The third-order valence-corrected chi connectivity index (χ3v) is 11.2. The van der Waals surface area contributed by atoms with Crippen molar-refractivity contribution in [3.8, 4) is 0 Å². The molecule has 1 atom stereocenters. The molecule has 0 aliphatic rings. The number of hydrogen-bond donors (Lipinski definition) is 1. The number of hydrogen-bond acceptors (Lipinski definition) is 3. The summed E-state index contributed by atoms with van der Waals surface area (Å²) in [5.74, 6) is -0.462. The van der Waals surface area contributed by atoms with Crippen molar-refractivity contribution in [3.63, 3.8) is 0 Å². The average Bonchev–Trinajstić information content (AvgIpc) is 3.07. The number of rotatable bonds is 9. The molecule has 6 heteroatoms. The van der Waals surface area contributed by atoms with Gasteiger partial charge >= 0.3 is 0 Å². The first-order valence-corrected chi connectivity index (χ1v) is 17.0. The van der Waals surface area contributed by atoms with Crippen molar-refractivity contribution in [2.75, 3.05) is 6.54 Å². The molecule has 0 radical (unpaired) electrons. The Morgan fingerprint density at radius 1 is 0.667 bits per heavy atom. The number of carbonyl (C=O) groups is 2. The summed E-state index contributed by atoms with van der Waals surface area (Å²) in [4.78, 5) is 30.0. The lowest BCUT2D eigenvalue weighted by Crippen LogP contribution is -2.49. The first kappa shape index (κ1) is 31.7. The fourth-order valence-electron chi connectivity index (χ4n) is 5.60. The van der Waals surface area contributed by atoms with E-state index >= 15 is 0 Å². The topological polar surface area (TPSA) is 61.8 Å². The molecule has 0 saturated heterocycles. The quantitative estimate of drug-likeness (QED) is 0.174. The Morgan fingerprint density at radius 2 is 1.09 bits per heavy atom. The minimum absolute atomic E-state index is 0.211. The number of benzene rings is 5. The highest BCUT2D eigenvalue weighted by molar-refractivity contribution is 7.87. The lowest BCUT2D eigenvalue weighted by molar-refractivity contribution is -0.127. The first-order chi connectivity index (χ1) is 21.7. The van der Waals surface area contributed by atoms with Gasteiger partial charge in [0.05, 0.1) is 12.7 Å². The Kier molecular flexibility index (Phi) is 9.80. The number of amides is 2. The van der Waals surface area contributed by atoms with E-state index in [1.165, 1.54) is 0 Å². The predicted molar refractivity (Wildman–Crippen MR) is 187 cm³/mol. The van der Waals surface area contributed by atoms with Crippen LogP contribution in [0.15, 0.2) is 150 Å². The Hall–Kier alpha value is -4.73. The Bertz CT molecular complexity index is 1680. The molecule has 0 aliphatic carbocycles. The Balaban J connectivity index is 1.82. The van der Waals surface area contributed by atoms with Gasteiger partial charge in [-0.15, -0.1) is 0 Å². The maximum absolute atomic E-state index is 14.3. The molecule has 0 aromatic heterocycles. The van der Waals surface area contributed by atoms with E-state index in [0.717, 1.165) is 15.9 Å². The molecule has 0 fully saturated rings. The molecule has 2 amide bonds. The number of carbonyl (C=O) groups excluding carboxylic acids is 2. The lowest BCUT2D eigenvalue weighted by atomic mass is 9.99. The molecule has 1 unspecified atom stereocenters. The van der Waals surface area contributed by atoms with Crippen LogP contribution in [0.2, 0.25) is 0 Å². The molecule has 0 saturated carbocycles. The minimum Gasteiger partial charge on any atom is -0.349 e. The fraction of sp³-hybridized carbons (Fsp3) is 0.179. The molecule has 5 aromatic carbocycles. The van der Waals surface area contributed by atoms with E-state index in [0.29, 0.717) is 23.4 Å². The van der Waals surface area contributed by atoms with Crippen molar-refractivity contribution in [3.05, 3.63) is 157 Å². The van der Waals surface area contributed by atoms with Crippen molar-refractivity contribution in [1.29, 1.82) is 0 Å². The molecule has 5 rings (SSSR count). The van der Waals surface area contributed by atoms with Gasteiger partial charge in [-0.3, -0.25) is 14.3 Å². The maximum atomic E-state index is 14.3. The maximum Gasteiger partial charge on any atom is 0.254 e. The van der Waals surface area contributed by atoms with Gasteiger partial charge in [0.25, 0.3) is 5.91 Å². The van der Waals surface area contributed by atoms with Crippen LogP contribution >= 0.6 is 7.05 Å². The van der Waals surface area contributed by atoms with Crippen LogP contribution in [0.1, 0.15) is 49.7 Å². The predicted octanol–water partition coefficient (Wildman–Crippen LogP) is 7.61. The highest BCUT2D eigenvalue weighted by atomic mass is 31.2. The van der Waals surface area contributed by atoms with Gasteiger partial charge < -0.3 is 10.2 Å². The average molecular weight is 614 g/mol. The number of likely N-dealkylation sites (N-methyl/N-ethyl adjacent to an activating group) is 1. The van der Waals surface area contributed by atoms with Crippen LogP contribution in [0.3, 0.4) is 0 Å². The Morgan fingerprint density at radius 3 is 1.53 bits per heavy atom. The van der Waals surface area contributed by atoms with Crippen molar-refractivity contribution >= 4 is 40.5 Å². The Labute approximate surface area is 267 Å². The van der Waals surface area contributed by atoms with Crippen LogP contribution in [0.5, 0.6) is 0 Å². The summed E-state index contributed by atoms with van der Waals surface area (Å²) in [5, 5.41) is 6.45. The van der Waals surface area contributed by atoms with Crippen LogP contribution in [0, 0.1) is 0 Å². The van der Waals surface area contributed by atoms with Crippen LogP contribution in [0.4, 0.5) is 5.69 Å². The first-order valence-electron chi connectivity index (χ1n) is 15.3. The van der Waals surface area contributed by atoms with Gasteiger partial charge in [0.1, 0.15) is 6.04 Å². The molecule has 1 N–H and O–H groups in total. The lowest BCUT2D eigenvalue weighted by Gasteiger charge is -2.34. The van der Waals surface area contributed by atoms with Gasteiger partial charge in [0, 0.05) is 39.1 Å². The molecule has 228 valence electrons. The van der Waals surface area contributed by atoms with Gasteiger partial charge in [-0.05, 0) is 45.9 Å².